The molecule has 1 saturated heterocycles. The molecule has 7 nitrogen and oxygen atoms in total. The molecule has 1 aliphatic heterocycles. The van der Waals surface area contributed by atoms with Gasteiger partial charge in [-0.15, -0.1) is 0 Å². The highest BCUT2D eigenvalue weighted by Gasteiger charge is 2.17. The second kappa shape index (κ2) is 6.47. The predicted molar refractivity (Wildman–Crippen MR) is 72.1 cm³/mol. The van der Waals surface area contributed by atoms with Crippen LogP contribution in [0.25, 0.3) is 0 Å². The summed E-state index contributed by atoms with van der Waals surface area (Å²) in [4.78, 5) is 2.46. The van der Waals surface area contributed by atoms with Crippen LogP contribution in [0, 0.1) is 0 Å². The molecular formula is C11H21N5O2S. The van der Waals surface area contributed by atoms with Crippen molar-refractivity contribution in [3.05, 3.63) is 12.4 Å². The van der Waals surface area contributed by atoms with E-state index in [0.29, 0.717) is 19.6 Å². The van der Waals surface area contributed by atoms with Crippen LogP contribution in [0.2, 0.25) is 0 Å². The van der Waals surface area contributed by atoms with E-state index >= 15 is 0 Å². The average Bonchev–Trinajstić information content (AvgIpc) is 3.00. The maximum atomic E-state index is 12.0. The van der Waals surface area contributed by atoms with Gasteiger partial charge in [-0.05, 0) is 25.9 Å². The Morgan fingerprint density at radius 2 is 2.05 bits per heavy atom. The molecular weight excluding hydrogens is 266 g/mol. The number of sulfonamides is 1. The molecule has 0 aromatic carbocycles. The Bertz CT molecular complexity index is 493. The molecule has 0 spiro atoms. The van der Waals surface area contributed by atoms with Crippen molar-refractivity contribution in [1.29, 1.82) is 0 Å². The second-order valence-electron chi connectivity index (χ2n) is 4.67. The van der Waals surface area contributed by atoms with E-state index in [1.54, 1.807) is 0 Å². The fourth-order valence-electron chi connectivity index (χ4n) is 2.17. The first-order valence-corrected chi connectivity index (χ1v) is 8.05. The van der Waals surface area contributed by atoms with Crippen LogP contribution in [-0.4, -0.2) is 55.8 Å². The van der Waals surface area contributed by atoms with E-state index in [1.807, 2.05) is 0 Å². The number of hydrogen-bond acceptors (Lipinski definition) is 5. The highest BCUT2D eigenvalue weighted by molar-refractivity contribution is 7.89. The Balaban J connectivity index is 1.85. The molecule has 0 unspecified atom stereocenters. The summed E-state index contributed by atoms with van der Waals surface area (Å²) in [6, 6.07) is 0. The van der Waals surface area contributed by atoms with Crippen LogP contribution in [0.4, 0.5) is 0 Å². The Morgan fingerprint density at radius 3 is 2.74 bits per heavy atom. The zero-order valence-corrected chi connectivity index (χ0v) is 11.8. The van der Waals surface area contributed by atoms with E-state index < -0.39 is 10.0 Å². The van der Waals surface area contributed by atoms with Gasteiger partial charge in [0.1, 0.15) is 4.90 Å². The lowest BCUT2D eigenvalue weighted by atomic mass is 10.4. The van der Waals surface area contributed by atoms with Gasteiger partial charge in [0, 0.05) is 25.8 Å². The third kappa shape index (κ3) is 4.00. The molecule has 1 aromatic rings. The zero-order valence-electron chi connectivity index (χ0n) is 11.0. The Morgan fingerprint density at radius 1 is 1.32 bits per heavy atom. The number of nitrogens with zero attached hydrogens (tertiary/aromatic N) is 3. The van der Waals surface area contributed by atoms with Gasteiger partial charge in [0.05, 0.1) is 12.7 Å². The molecule has 2 heterocycles. The quantitative estimate of drug-likeness (QED) is 0.686. The maximum Gasteiger partial charge on any atom is 0.243 e. The standard InChI is InChI=1S/C11H21N5O2S/c12-3-7-16-10-11(9-13-16)19(17,18)14-4-8-15-5-1-2-6-15/h9-10,14H,1-8,12H2. The van der Waals surface area contributed by atoms with Gasteiger partial charge >= 0.3 is 0 Å². The van der Waals surface area contributed by atoms with Gasteiger partial charge in [-0.3, -0.25) is 4.68 Å². The largest absolute Gasteiger partial charge is 0.329 e. The summed E-state index contributed by atoms with van der Waals surface area (Å²) in [6.45, 7) is 4.28. The number of nitrogens with two attached hydrogens (primary N) is 1. The molecule has 19 heavy (non-hydrogen) atoms. The molecule has 108 valence electrons. The minimum atomic E-state index is -3.45. The van der Waals surface area contributed by atoms with Gasteiger partial charge in [0.25, 0.3) is 0 Å². The maximum absolute atomic E-state index is 12.0. The molecule has 1 fully saturated rings. The van der Waals surface area contributed by atoms with Crippen molar-refractivity contribution in [1.82, 2.24) is 19.4 Å². The summed E-state index contributed by atoms with van der Waals surface area (Å²) in [7, 11) is -3.45. The van der Waals surface area contributed by atoms with Crippen molar-refractivity contribution in [2.45, 2.75) is 24.3 Å². The topological polar surface area (TPSA) is 93.2 Å². The SMILES string of the molecule is NCCn1cc(S(=O)(=O)NCCN2CCCC2)cn1. The molecule has 0 saturated carbocycles. The van der Waals surface area contributed by atoms with Crippen molar-refractivity contribution in [2.75, 3.05) is 32.7 Å². The molecule has 8 heteroatoms. The second-order valence-corrected chi connectivity index (χ2v) is 6.44. The van der Waals surface area contributed by atoms with Crippen LogP contribution in [-0.2, 0) is 16.6 Å². The van der Waals surface area contributed by atoms with Gasteiger partial charge in [0.2, 0.25) is 10.0 Å². The molecule has 0 amide bonds. The minimum absolute atomic E-state index is 0.197. The first kappa shape index (κ1) is 14.4. The molecule has 0 aliphatic carbocycles. The summed E-state index contributed by atoms with van der Waals surface area (Å²) < 4.78 is 28.2. The summed E-state index contributed by atoms with van der Waals surface area (Å²) in [6.07, 6.45) is 5.27. The summed E-state index contributed by atoms with van der Waals surface area (Å²) in [5, 5.41) is 3.96. The van der Waals surface area contributed by atoms with E-state index in [2.05, 4.69) is 14.7 Å². The van der Waals surface area contributed by atoms with Crippen LogP contribution in [0.3, 0.4) is 0 Å². The molecule has 0 radical (unpaired) electrons. The van der Waals surface area contributed by atoms with Gasteiger partial charge in [-0.1, -0.05) is 0 Å². The van der Waals surface area contributed by atoms with Crippen LogP contribution in [0.15, 0.2) is 17.3 Å². The van der Waals surface area contributed by atoms with E-state index in [-0.39, 0.29) is 4.90 Å². The zero-order chi connectivity index (χ0) is 13.7. The number of likely N-dealkylation sites (tertiary alicyclic amines) is 1. The van der Waals surface area contributed by atoms with Crippen molar-refractivity contribution < 1.29 is 8.42 Å². The smallest absolute Gasteiger partial charge is 0.243 e. The molecule has 0 atom stereocenters. The van der Waals surface area contributed by atoms with Gasteiger partial charge < -0.3 is 10.6 Å². The van der Waals surface area contributed by atoms with E-state index in [0.717, 1.165) is 19.6 Å². The molecule has 1 aliphatic rings. The monoisotopic (exact) mass is 287 g/mol. The average molecular weight is 287 g/mol. The fourth-order valence-corrected chi connectivity index (χ4v) is 3.14. The number of aromatic nitrogens is 2. The third-order valence-electron chi connectivity index (χ3n) is 3.20. The highest BCUT2D eigenvalue weighted by atomic mass is 32.2. The summed E-state index contributed by atoms with van der Waals surface area (Å²) in [5.41, 5.74) is 5.40. The summed E-state index contributed by atoms with van der Waals surface area (Å²) >= 11 is 0. The van der Waals surface area contributed by atoms with Crippen LogP contribution in [0.1, 0.15) is 12.8 Å². The minimum Gasteiger partial charge on any atom is -0.329 e. The van der Waals surface area contributed by atoms with Gasteiger partial charge in [-0.2, -0.15) is 5.10 Å². The predicted octanol–water partition coefficient (Wildman–Crippen LogP) is -0.784. The van der Waals surface area contributed by atoms with Crippen molar-refractivity contribution in [2.24, 2.45) is 5.73 Å². The number of nitrogens with one attached hydrogen (secondary N) is 1. The first-order chi connectivity index (χ1) is 9.12. The number of hydrogen-bond donors (Lipinski definition) is 2. The lowest BCUT2D eigenvalue weighted by molar-refractivity contribution is 0.344. The van der Waals surface area contributed by atoms with Gasteiger partial charge in [0.15, 0.2) is 0 Å². The van der Waals surface area contributed by atoms with Crippen molar-refractivity contribution in [3.63, 3.8) is 0 Å². The van der Waals surface area contributed by atoms with Gasteiger partial charge in [-0.25, -0.2) is 13.1 Å². The van der Waals surface area contributed by atoms with Crippen molar-refractivity contribution in [3.8, 4) is 0 Å². The molecule has 0 bridgehead atoms. The molecule has 2 rings (SSSR count). The Kier molecular flexibility index (Phi) is 4.92. The lowest BCUT2D eigenvalue weighted by Crippen LogP contribution is -2.33. The normalized spacial score (nSPS) is 17.1. The molecule has 3 N–H and O–H groups in total. The highest BCUT2D eigenvalue weighted by Crippen LogP contribution is 2.08. The van der Waals surface area contributed by atoms with E-state index in [9.17, 15) is 8.42 Å². The number of rotatable bonds is 7. The van der Waals surface area contributed by atoms with Crippen LogP contribution in [0.5, 0.6) is 0 Å². The van der Waals surface area contributed by atoms with Crippen molar-refractivity contribution >= 4 is 10.0 Å². The molecule has 1 aromatic heterocycles. The summed E-state index contributed by atoms with van der Waals surface area (Å²) in [5.74, 6) is 0. The van der Waals surface area contributed by atoms with E-state index in [4.69, 9.17) is 5.73 Å². The van der Waals surface area contributed by atoms with E-state index in [1.165, 1.54) is 29.9 Å². The van der Waals surface area contributed by atoms with Crippen LogP contribution >= 0.6 is 0 Å². The van der Waals surface area contributed by atoms with Crippen LogP contribution < -0.4 is 10.5 Å². The Labute approximate surface area is 113 Å². The lowest BCUT2D eigenvalue weighted by Gasteiger charge is -2.14. The third-order valence-corrected chi connectivity index (χ3v) is 4.61. The Hall–Kier alpha value is -0.960. The first-order valence-electron chi connectivity index (χ1n) is 6.56. The fraction of sp³-hybridized carbons (Fsp3) is 0.727.